The van der Waals surface area contributed by atoms with Gasteiger partial charge in [-0.15, -0.1) is 0 Å². The van der Waals surface area contributed by atoms with Crippen LogP contribution in [0.15, 0.2) is 164 Å². The van der Waals surface area contributed by atoms with E-state index in [4.69, 9.17) is 29.2 Å². The lowest BCUT2D eigenvalue weighted by atomic mass is 9.98. The van der Waals surface area contributed by atoms with Crippen molar-refractivity contribution < 1.29 is 14.2 Å². The predicted molar refractivity (Wildman–Crippen MR) is 238 cm³/mol. The SMILES string of the molecule is COc1ccc(-c2ccc(-c3nc(-c4ccc(-c5ccc(OC)c6ncccc56)cc4)nc(-c4ccc(-c5ccc(OC)c6ncccc56)cc4)n3)cc2)c2cccnc12. The Morgan fingerprint density at radius 1 is 0.300 bits per heavy atom. The summed E-state index contributed by atoms with van der Waals surface area (Å²) in [4.78, 5) is 29.0. The molecule has 9 nitrogen and oxygen atoms in total. The maximum atomic E-state index is 5.60. The van der Waals surface area contributed by atoms with Crippen LogP contribution in [0.3, 0.4) is 0 Å². The van der Waals surface area contributed by atoms with Crippen molar-refractivity contribution in [3.63, 3.8) is 0 Å². The van der Waals surface area contributed by atoms with Crippen molar-refractivity contribution in [3.05, 3.63) is 164 Å². The van der Waals surface area contributed by atoms with Crippen LogP contribution >= 0.6 is 0 Å². The predicted octanol–water partition coefficient (Wildman–Crippen LogP) is 11.5. The molecular formula is C51H36N6O3. The van der Waals surface area contributed by atoms with Crippen LogP contribution in [0.1, 0.15) is 0 Å². The molecule has 0 unspecified atom stereocenters. The van der Waals surface area contributed by atoms with Crippen molar-refractivity contribution in [3.8, 4) is 84.8 Å². The minimum absolute atomic E-state index is 0.565. The zero-order valence-electron chi connectivity index (χ0n) is 33.0. The molecule has 6 aromatic carbocycles. The number of aromatic nitrogens is 6. The Morgan fingerprint density at radius 3 is 0.833 bits per heavy atom. The van der Waals surface area contributed by atoms with Gasteiger partial charge in [-0.2, -0.15) is 0 Å². The normalized spacial score (nSPS) is 11.2. The first-order chi connectivity index (χ1) is 29.6. The van der Waals surface area contributed by atoms with E-state index in [1.807, 2.05) is 36.4 Å². The van der Waals surface area contributed by atoms with Gasteiger partial charge in [-0.3, -0.25) is 15.0 Å². The number of nitrogens with zero attached hydrogens (tertiary/aromatic N) is 6. The van der Waals surface area contributed by atoms with E-state index in [1.165, 1.54) is 0 Å². The molecule has 0 amide bonds. The van der Waals surface area contributed by atoms with E-state index in [1.54, 1.807) is 39.9 Å². The molecule has 0 aliphatic heterocycles. The Bertz CT molecular complexity index is 2850. The standard InChI is InChI=1S/C51H36N6O3/c1-58-43-25-22-37(40-7-4-28-52-46(40)43)31-10-16-34(17-11-31)49-55-50(35-18-12-32(13-19-35)38-23-26-44(59-2)47-41(38)8-5-29-53-47)57-51(56-49)36-20-14-33(15-21-36)39-24-27-45(60-3)48-42(39)9-6-30-54-48/h4-30H,1-3H3. The summed E-state index contributed by atoms with van der Waals surface area (Å²) in [6, 6.07) is 49.0. The average Bonchev–Trinajstić information content (AvgIpc) is 3.33. The Balaban J connectivity index is 1.05. The second-order valence-corrected chi connectivity index (χ2v) is 14.2. The van der Waals surface area contributed by atoms with Crippen molar-refractivity contribution in [2.45, 2.75) is 0 Å². The molecule has 0 atom stereocenters. The molecule has 0 spiro atoms. The Hall–Kier alpha value is -8.04. The van der Waals surface area contributed by atoms with E-state index in [2.05, 4.69) is 124 Å². The number of methoxy groups -OCH3 is 3. The summed E-state index contributed by atoms with van der Waals surface area (Å²) >= 11 is 0. The molecule has 0 aliphatic carbocycles. The highest BCUT2D eigenvalue weighted by Crippen LogP contribution is 2.38. The molecule has 0 saturated carbocycles. The number of ether oxygens (including phenoxy) is 3. The molecule has 0 saturated heterocycles. The largest absolute Gasteiger partial charge is 0.494 e. The smallest absolute Gasteiger partial charge is 0.164 e. The summed E-state index contributed by atoms with van der Waals surface area (Å²) in [7, 11) is 5.00. The van der Waals surface area contributed by atoms with Gasteiger partial charge in [0, 0.05) is 51.4 Å². The summed E-state index contributed by atoms with van der Waals surface area (Å²) < 4.78 is 16.8. The summed E-state index contributed by atoms with van der Waals surface area (Å²) in [5.41, 5.74) is 11.4. The fraction of sp³-hybridized carbons (Fsp3) is 0.0588. The van der Waals surface area contributed by atoms with E-state index >= 15 is 0 Å². The molecule has 0 fully saturated rings. The van der Waals surface area contributed by atoms with Gasteiger partial charge in [0.15, 0.2) is 17.5 Å². The fourth-order valence-corrected chi connectivity index (χ4v) is 7.85. The van der Waals surface area contributed by atoms with Crippen molar-refractivity contribution in [2.75, 3.05) is 21.3 Å². The Labute approximate surface area is 346 Å². The maximum Gasteiger partial charge on any atom is 0.164 e. The van der Waals surface area contributed by atoms with Gasteiger partial charge in [0.05, 0.1) is 21.3 Å². The molecule has 0 bridgehead atoms. The first-order valence-electron chi connectivity index (χ1n) is 19.4. The first-order valence-corrected chi connectivity index (χ1v) is 19.4. The number of pyridine rings is 3. The molecule has 4 aromatic heterocycles. The zero-order chi connectivity index (χ0) is 40.6. The zero-order valence-corrected chi connectivity index (χ0v) is 33.0. The van der Waals surface area contributed by atoms with Gasteiger partial charge in [0.2, 0.25) is 0 Å². The molecule has 0 aliphatic rings. The molecule has 60 heavy (non-hydrogen) atoms. The van der Waals surface area contributed by atoms with Gasteiger partial charge in [-0.25, -0.2) is 15.0 Å². The molecule has 10 rings (SSSR count). The van der Waals surface area contributed by atoms with Crippen molar-refractivity contribution in [2.24, 2.45) is 0 Å². The van der Waals surface area contributed by atoms with Crippen LogP contribution in [0.5, 0.6) is 17.2 Å². The number of hydrogen-bond acceptors (Lipinski definition) is 9. The lowest BCUT2D eigenvalue weighted by Crippen LogP contribution is -2.00. The number of fused-ring (bicyclic) bond motifs is 3. The van der Waals surface area contributed by atoms with E-state index in [0.717, 1.165) is 100 Å². The average molecular weight is 781 g/mol. The Morgan fingerprint density at radius 2 is 0.567 bits per heavy atom. The number of hydrogen-bond donors (Lipinski definition) is 0. The second kappa shape index (κ2) is 15.4. The number of rotatable bonds is 9. The molecule has 9 heteroatoms. The van der Waals surface area contributed by atoms with Crippen LogP contribution in [0, 0.1) is 0 Å². The van der Waals surface area contributed by atoms with Gasteiger partial charge in [0.1, 0.15) is 33.8 Å². The minimum atomic E-state index is 0.565. The number of benzene rings is 6. The van der Waals surface area contributed by atoms with Crippen LogP contribution in [0.25, 0.3) is 100 Å². The van der Waals surface area contributed by atoms with E-state index in [0.29, 0.717) is 17.5 Å². The summed E-state index contributed by atoms with van der Waals surface area (Å²) in [6.07, 6.45) is 5.35. The molecular weight excluding hydrogens is 745 g/mol. The quantitative estimate of drug-likeness (QED) is 0.141. The second-order valence-electron chi connectivity index (χ2n) is 14.2. The fourth-order valence-electron chi connectivity index (χ4n) is 7.85. The van der Waals surface area contributed by atoms with Crippen LogP contribution in [-0.4, -0.2) is 51.2 Å². The van der Waals surface area contributed by atoms with Gasteiger partial charge >= 0.3 is 0 Å². The van der Waals surface area contributed by atoms with E-state index in [9.17, 15) is 0 Å². The highest BCUT2D eigenvalue weighted by molar-refractivity contribution is 6.00. The monoisotopic (exact) mass is 780 g/mol. The van der Waals surface area contributed by atoms with Crippen LogP contribution < -0.4 is 14.2 Å². The summed E-state index contributed by atoms with van der Waals surface area (Å²) in [6.45, 7) is 0. The van der Waals surface area contributed by atoms with Crippen LogP contribution in [0.2, 0.25) is 0 Å². The third-order valence-corrected chi connectivity index (χ3v) is 10.9. The molecule has 0 N–H and O–H groups in total. The third-order valence-electron chi connectivity index (χ3n) is 10.9. The van der Waals surface area contributed by atoms with Gasteiger partial charge < -0.3 is 14.2 Å². The highest BCUT2D eigenvalue weighted by Gasteiger charge is 2.16. The van der Waals surface area contributed by atoms with Crippen LogP contribution in [0.4, 0.5) is 0 Å². The van der Waals surface area contributed by atoms with Gasteiger partial charge in [-0.05, 0) is 88.0 Å². The first kappa shape index (κ1) is 36.3. The minimum Gasteiger partial charge on any atom is -0.494 e. The lowest BCUT2D eigenvalue weighted by molar-refractivity contribution is 0.419. The lowest BCUT2D eigenvalue weighted by Gasteiger charge is -2.12. The Kier molecular flexibility index (Phi) is 9.30. The molecule has 0 radical (unpaired) electrons. The third kappa shape index (κ3) is 6.48. The van der Waals surface area contributed by atoms with E-state index < -0.39 is 0 Å². The van der Waals surface area contributed by atoms with Crippen molar-refractivity contribution in [1.82, 2.24) is 29.9 Å². The van der Waals surface area contributed by atoms with Crippen LogP contribution in [-0.2, 0) is 0 Å². The van der Waals surface area contributed by atoms with Crippen molar-refractivity contribution in [1.29, 1.82) is 0 Å². The summed E-state index contributed by atoms with van der Waals surface area (Å²) in [5.74, 6) is 3.91. The summed E-state index contributed by atoms with van der Waals surface area (Å²) in [5, 5.41) is 3.04. The van der Waals surface area contributed by atoms with Crippen molar-refractivity contribution >= 4 is 32.7 Å². The van der Waals surface area contributed by atoms with Gasteiger partial charge in [0.25, 0.3) is 0 Å². The topological polar surface area (TPSA) is 105 Å². The molecule has 288 valence electrons. The van der Waals surface area contributed by atoms with Gasteiger partial charge in [-0.1, -0.05) is 91.0 Å². The maximum absolute atomic E-state index is 5.60. The highest BCUT2D eigenvalue weighted by atomic mass is 16.5. The van der Waals surface area contributed by atoms with E-state index in [-0.39, 0.29) is 0 Å². The molecule has 4 heterocycles. The molecule has 10 aromatic rings.